The molecule has 0 radical (unpaired) electrons. The van der Waals surface area contributed by atoms with Crippen molar-refractivity contribution < 1.29 is 9.18 Å². The average molecular weight is 323 g/mol. The quantitative estimate of drug-likeness (QED) is 0.805. The number of benzene rings is 2. The first-order valence-electron chi connectivity index (χ1n) is 7.72. The average Bonchev–Trinajstić information content (AvgIpc) is 3.40. The standard InChI is InChI=1S/C18H14FN3O2/c19-11-5-9-13(10-6-11)22-15-4-2-1-3-14(15)17(23)16(21-22)18(24)20-12-7-8-12/h1-6,9-10,12H,7-8H2,(H,20,24). The van der Waals surface area contributed by atoms with E-state index in [1.54, 1.807) is 36.4 Å². The summed E-state index contributed by atoms with van der Waals surface area (Å²) in [5.74, 6) is -0.833. The number of amides is 1. The van der Waals surface area contributed by atoms with Crippen molar-refractivity contribution in [1.82, 2.24) is 15.1 Å². The third kappa shape index (κ3) is 2.56. The van der Waals surface area contributed by atoms with E-state index >= 15 is 0 Å². The van der Waals surface area contributed by atoms with Gasteiger partial charge in [0.2, 0.25) is 5.43 Å². The molecule has 0 bridgehead atoms. The first-order valence-corrected chi connectivity index (χ1v) is 7.72. The number of aromatic nitrogens is 2. The highest BCUT2D eigenvalue weighted by atomic mass is 19.1. The summed E-state index contributed by atoms with van der Waals surface area (Å²) in [4.78, 5) is 25.0. The number of para-hydroxylation sites is 1. The van der Waals surface area contributed by atoms with Crippen molar-refractivity contribution in [2.24, 2.45) is 0 Å². The van der Waals surface area contributed by atoms with Gasteiger partial charge in [-0.25, -0.2) is 9.07 Å². The zero-order valence-electron chi connectivity index (χ0n) is 12.7. The number of nitrogens with zero attached hydrogens (tertiary/aromatic N) is 2. The number of hydrogen-bond acceptors (Lipinski definition) is 3. The molecule has 0 aliphatic heterocycles. The summed E-state index contributed by atoms with van der Waals surface area (Å²) in [7, 11) is 0. The molecular weight excluding hydrogens is 309 g/mol. The van der Waals surface area contributed by atoms with Gasteiger partial charge >= 0.3 is 0 Å². The van der Waals surface area contributed by atoms with Gasteiger partial charge in [0.15, 0.2) is 5.69 Å². The number of halogens is 1. The fourth-order valence-electron chi connectivity index (χ4n) is 2.59. The number of carbonyl (C=O) groups excluding carboxylic acids is 1. The van der Waals surface area contributed by atoms with Gasteiger partial charge in [0, 0.05) is 6.04 Å². The van der Waals surface area contributed by atoms with Crippen LogP contribution in [0, 0.1) is 5.82 Å². The maximum Gasteiger partial charge on any atom is 0.276 e. The SMILES string of the molecule is O=C(NC1CC1)c1nn(-c2ccc(F)cc2)c2ccccc2c1=O. The summed E-state index contributed by atoms with van der Waals surface area (Å²) in [5, 5.41) is 7.44. The Morgan fingerprint density at radius 1 is 1.12 bits per heavy atom. The Hall–Kier alpha value is -3.02. The van der Waals surface area contributed by atoms with Crippen LogP contribution in [0.15, 0.2) is 53.3 Å². The molecule has 1 saturated carbocycles. The Morgan fingerprint density at radius 2 is 1.83 bits per heavy atom. The van der Waals surface area contributed by atoms with Crippen molar-refractivity contribution in [2.45, 2.75) is 18.9 Å². The van der Waals surface area contributed by atoms with Crippen LogP contribution in [0.25, 0.3) is 16.6 Å². The molecule has 120 valence electrons. The molecule has 24 heavy (non-hydrogen) atoms. The van der Waals surface area contributed by atoms with E-state index in [2.05, 4.69) is 10.4 Å². The molecule has 1 heterocycles. The van der Waals surface area contributed by atoms with E-state index in [9.17, 15) is 14.0 Å². The van der Waals surface area contributed by atoms with Gasteiger partial charge in [-0.1, -0.05) is 12.1 Å². The van der Waals surface area contributed by atoms with Crippen molar-refractivity contribution in [2.75, 3.05) is 0 Å². The molecule has 1 aliphatic carbocycles. The third-order valence-electron chi connectivity index (χ3n) is 3.99. The lowest BCUT2D eigenvalue weighted by Gasteiger charge is -2.12. The van der Waals surface area contributed by atoms with E-state index in [0.717, 1.165) is 12.8 Å². The predicted molar refractivity (Wildman–Crippen MR) is 87.8 cm³/mol. The fourth-order valence-corrected chi connectivity index (χ4v) is 2.59. The summed E-state index contributed by atoms with van der Waals surface area (Å²) < 4.78 is 14.7. The van der Waals surface area contributed by atoms with Gasteiger partial charge in [-0.3, -0.25) is 9.59 Å². The Morgan fingerprint density at radius 3 is 2.54 bits per heavy atom. The van der Waals surface area contributed by atoms with E-state index in [-0.39, 0.29) is 17.6 Å². The molecule has 3 aromatic rings. The molecule has 5 nitrogen and oxygen atoms in total. The topological polar surface area (TPSA) is 64.0 Å². The molecule has 1 aliphatic rings. The van der Waals surface area contributed by atoms with Gasteiger partial charge in [-0.2, -0.15) is 5.10 Å². The maximum atomic E-state index is 13.2. The summed E-state index contributed by atoms with van der Waals surface area (Å²) >= 11 is 0. The first kappa shape index (κ1) is 14.6. The zero-order chi connectivity index (χ0) is 16.7. The van der Waals surface area contributed by atoms with Gasteiger partial charge in [0.05, 0.1) is 16.6 Å². The highest BCUT2D eigenvalue weighted by Gasteiger charge is 2.26. The molecule has 1 amide bonds. The lowest BCUT2D eigenvalue weighted by molar-refractivity contribution is 0.0943. The van der Waals surface area contributed by atoms with Crippen molar-refractivity contribution in [3.05, 3.63) is 70.3 Å². The van der Waals surface area contributed by atoms with E-state index in [1.165, 1.54) is 16.8 Å². The first-order chi connectivity index (χ1) is 11.6. The van der Waals surface area contributed by atoms with Gasteiger partial charge in [-0.05, 0) is 49.2 Å². The number of carbonyl (C=O) groups is 1. The number of hydrogen-bond donors (Lipinski definition) is 1. The smallest absolute Gasteiger partial charge is 0.276 e. The van der Waals surface area contributed by atoms with Crippen molar-refractivity contribution >= 4 is 16.8 Å². The Bertz CT molecular complexity index is 991. The van der Waals surface area contributed by atoms with Gasteiger partial charge in [0.1, 0.15) is 5.82 Å². The lowest BCUT2D eigenvalue weighted by atomic mass is 10.2. The molecule has 0 atom stereocenters. The second-order valence-corrected chi connectivity index (χ2v) is 5.83. The monoisotopic (exact) mass is 323 g/mol. The Balaban J connectivity index is 1.94. The molecule has 0 unspecified atom stereocenters. The Kier molecular flexibility index (Phi) is 3.37. The third-order valence-corrected chi connectivity index (χ3v) is 3.99. The Labute approximate surface area is 136 Å². The minimum absolute atomic E-state index is 0.129. The normalized spacial score (nSPS) is 13.9. The summed E-state index contributed by atoms with van der Waals surface area (Å²) in [6.45, 7) is 0. The van der Waals surface area contributed by atoms with E-state index in [4.69, 9.17) is 0 Å². The summed E-state index contributed by atoms with van der Waals surface area (Å²) in [6, 6.07) is 12.8. The van der Waals surface area contributed by atoms with Crippen LogP contribution in [0.5, 0.6) is 0 Å². The predicted octanol–water partition coefficient (Wildman–Crippen LogP) is 2.42. The molecule has 0 spiro atoms. The van der Waals surface area contributed by atoms with E-state index in [1.807, 2.05) is 0 Å². The van der Waals surface area contributed by atoms with Crippen LogP contribution in [0.4, 0.5) is 4.39 Å². The van der Waals surface area contributed by atoms with Crippen LogP contribution >= 0.6 is 0 Å². The van der Waals surface area contributed by atoms with Crippen LogP contribution in [0.2, 0.25) is 0 Å². The molecule has 4 rings (SSSR count). The summed E-state index contributed by atoms with van der Waals surface area (Å²) in [6.07, 6.45) is 1.84. The van der Waals surface area contributed by atoms with Gasteiger partial charge < -0.3 is 5.32 Å². The molecule has 1 N–H and O–H groups in total. The number of nitrogens with one attached hydrogen (secondary N) is 1. The molecular formula is C18H14FN3O2. The molecule has 0 saturated heterocycles. The van der Waals surface area contributed by atoms with Crippen LogP contribution in [-0.4, -0.2) is 21.7 Å². The van der Waals surface area contributed by atoms with Gasteiger partial charge in [0.25, 0.3) is 5.91 Å². The largest absolute Gasteiger partial charge is 0.348 e. The maximum absolute atomic E-state index is 13.2. The van der Waals surface area contributed by atoms with E-state index < -0.39 is 11.3 Å². The van der Waals surface area contributed by atoms with Crippen molar-refractivity contribution in [1.29, 1.82) is 0 Å². The number of fused-ring (bicyclic) bond motifs is 1. The van der Waals surface area contributed by atoms with Crippen molar-refractivity contribution in [3.63, 3.8) is 0 Å². The van der Waals surface area contributed by atoms with Crippen LogP contribution in [0.3, 0.4) is 0 Å². The van der Waals surface area contributed by atoms with Crippen LogP contribution < -0.4 is 10.7 Å². The highest BCUT2D eigenvalue weighted by molar-refractivity contribution is 5.95. The van der Waals surface area contributed by atoms with Crippen LogP contribution in [0.1, 0.15) is 23.3 Å². The second-order valence-electron chi connectivity index (χ2n) is 5.83. The lowest BCUT2D eigenvalue weighted by Crippen LogP contribution is -2.33. The minimum atomic E-state index is -0.468. The molecule has 1 fully saturated rings. The molecule has 1 aromatic heterocycles. The summed E-state index contributed by atoms with van der Waals surface area (Å²) in [5.41, 5.74) is 0.595. The highest BCUT2D eigenvalue weighted by Crippen LogP contribution is 2.20. The van der Waals surface area contributed by atoms with Crippen LogP contribution in [-0.2, 0) is 0 Å². The van der Waals surface area contributed by atoms with Crippen molar-refractivity contribution in [3.8, 4) is 5.69 Å². The second kappa shape index (κ2) is 5.56. The van der Waals surface area contributed by atoms with E-state index in [0.29, 0.717) is 16.6 Å². The zero-order valence-corrected chi connectivity index (χ0v) is 12.7. The minimum Gasteiger partial charge on any atom is -0.348 e. The molecule has 6 heteroatoms. The number of rotatable bonds is 3. The molecule has 2 aromatic carbocycles. The van der Waals surface area contributed by atoms with Gasteiger partial charge in [-0.15, -0.1) is 0 Å². The fraction of sp³-hybridized carbons (Fsp3) is 0.167.